The van der Waals surface area contributed by atoms with Crippen molar-refractivity contribution in [3.05, 3.63) is 12.2 Å². The van der Waals surface area contributed by atoms with Gasteiger partial charge in [0.2, 0.25) is 0 Å². The molecule has 0 aromatic heterocycles. The quantitative estimate of drug-likeness (QED) is 0.570. The zero-order chi connectivity index (χ0) is 10.8. The lowest BCUT2D eigenvalue weighted by molar-refractivity contribution is -0.155. The van der Waals surface area contributed by atoms with Crippen molar-refractivity contribution in [2.75, 3.05) is 0 Å². The van der Waals surface area contributed by atoms with Gasteiger partial charge in [0, 0.05) is 23.7 Å². The maximum Gasteiger partial charge on any atom is 0.137 e. The van der Waals surface area contributed by atoms with E-state index in [9.17, 15) is 15.0 Å². The predicted molar refractivity (Wildman–Crippen MR) is 54.0 cm³/mol. The van der Waals surface area contributed by atoms with Crippen LogP contribution in [0, 0.1) is 23.2 Å². The lowest BCUT2D eigenvalue weighted by atomic mass is 9.53. The van der Waals surface area contributed by atoms with Crippen molar-refractivity contribution in [2.24, 2.45) is 23.2 Å². The second-order valence-electron chi connectivity index (χ2n) is 5.38. The molecule has 2 bridgehead atoms. The fourth-order valence-corrected chi connectivity index (χ4v) is 3.89. The third-order valence-electron chi connectivity index (χ3n) is 4.70. The predicted octanol–water partition coefficient (Wildman–Crippen LogP) is 0.509. The molecule has 3 nitrogen and oxygen atoms in total. The molecule has 15 heavy (non-hydrogen) atoms. The molecule has 82 valence electrons. The Balaban J connectivity index is 2.12. The average Bonchev–Trinajstić information content (AvgIpc) is 2.59. The number of rotatable bonds is 0. The zero-order valence-corrected chi connectivity index (χ0v) is 8.76. The van der Waals surface area contributed by atoms with E-state index in [1.165, 1.54) is 0 Å². The van der Waals surface area contributed by atoms with Gasteiger partial charge < -0.3 is 10.2 Å². The molecular formula is C12H16O3. The highest BCUT2D eigenvalue weighted by atomic mass is 16.3. The van der Waals surface area contributed by atoms with Gasteiger partial charge in [-0.2, -0.15) is 0 Å². The Kier molecular flexibility index (Phi) is 1.73. The van der Waals surface area contributed by atoms with Crippen molar-refractivity contribution < 1.29 is 15.0 Å². The molecular weight excluding hydrogens is 192 g/mol. The summed E-state index contributed by atoms with van der Waals surface area (Å²) in [4.78, 5) is 11.8. The Morgan fingerprint density at radius 3 is 2.93 bits per heavy atom. The third kappa shape index (κ3) is 0.955. The third-order valence-corrected chi connectivity index (χ3v) is 4.70. The molecule has 0 radical (unpaired) electrons. The first-order valence-electron chi connectivity index (χ1n) is 5.64. The zero-order valence-electron chi connectivity index (χ0n) is 8.76. The summed E-state index contributed by atoms with van der Waals surface area (Å²) in [5.74, 6) is 0.442. The van der Waals surface area contributed by atoms with Crippen LogP contribution in [0.25, 0.3) is 0 Å². The molecule has 0 unspecified atom stereocenters. The second kappa shape index (κ2) is 2.71. The van der Waals surface area contributed by atoms with E-state index < -0.39 is 17.6 Å². The first kappa shape index (κ1) is 9.55. The number of carbonyl (C=O) groups is 1. The Labute approximate surface area is 88.8 Å². The Morgan fingerprint density at radius 2 is 2.20 bits per heavy atom. The van der Waals surface area contributed by atoms with Gasteiger partial charge in [-0.05, 0) is 12.3 Å². The van der Waals surface area contributed by atoms with E-state index in [0.29, 0.717) is 6.42 Å². The smallest absolute Gasteiger partial charge is 0.137 e. The highest BCUT2D eigenvalue weighted by molar-refractivity contribution is 5.85. The van der Waals surface area contributed by atoms with E-state index in [1.807, 2.05) is 19.1 Å². The van der Waals surface area contributed by atoms with Crippen molar-refractivity contribution >= 4 is 5.78 Å². The van der Waals surface area contributed by atoms with Crippen molar-refractivity contribution in [1.82, 2.24) is 0 Å². The summed E-state index contributed by atoms with van der Waals surface area (Å²) in [5.41, 5.74) is -0.535. The Morgan fingerprint density at radius 1 is 1.47 bits per heavy atom. The van der Waals surface area contributed by atoms with E-state index in [4.69, 9.17) is 0 Å². The number of Topliss-reactive ketones (excluding diaryl/α,β-unsaturated/α-hetero) is 1. The van der Waals surface area contributed by atoms with Crippen LogP contribution in [0.3, 0.4) is 0 Å². The molecule has 0 aromatic rings. The van der Waals surface area contributed by atoms with E-state index in [1.54, 1.807) is 0 Å². The summed E-state index contributed by atoms with van der Waals surface area (Å²) in [5, 5.41) is 20.0. The molecule has 2 fully saturated rings. The minimum Gasteiger partial charge on any atom is -0.390 e. The summed E-state index contributed by atoms with van der Waals surface area (Å²) in [7, 11) is 0. The van der Waals surface area contributed by atoms with Crippen LogP contribution in [0.4, 0.5) is 0 Å². The SMILES string of the molecule is C[C@@]12C=C[C@@H]([C@H](O)[C@@H]1O)[C@@H]1CCC(=O)[C@@H]12. The topological polar surface area (TPSA) is 57.5 Å². The number of hydrogen-bond donors (Lipinski definition) is 2. The highest BCUT2D eigenvalue weighted by Gasteiger charge is 2.61. The first-order valence-corrected chi connectivity index (χ1v) is 5.64. The molecule has 2 N–H and O–H groups in total. The minimum absolute atomic E-state index is 0.0155. The molecule has 0 spiro atoms. The molecule has 0 aromatic carbocycles. The number of hydrogen-bond acceptors (Lipinski definition) is 3. The molecule has 4 aliphatic rings. The normalized spacial score (nSPS) is 57.3. The van der Waals surface area contributed by atoms with Crippen LogP contribution in [0.1, 0.15) is 19.8 Å². The number of fused-ring (bicyclic) bond motifs is 1. The van der Waals surface area contributed by atoms with Gasteiger partial charge >= 0.3 is 0 Å². The molecule has 4 aliphatic carbocycles. The summed E-state index contributed by atoms with van der Waals surface area (Å²) >= 11 is 0. The molecule has 0 saturated heterocycles. The van der Waals surface area contributed by atoms with Crippen LogP contribution in [-0.4, -0.2) is 28.2 Å². The lowest BCUT2D eigenvalue weighted by Gasteiger charge is -2.53. The van der Waals surface area contributed by atoms with Gasteiger partial charge in [0.1, 0.15) is 5.78 Å². The van der Waals surface area contributed by atoms with Gasteiger partial charge in [0.05, 0.1) is 12.2 Å². The summed E-state index contributed by atoms with van der Waals surface area (Å²) in [6.07, 6.45) is 3.96. The summed E-state index contributed by atoms with van der Waals surface area (Å²) < 4.78 is 0. The number of carbonyl (C=O) groups excluding carboxylic acids is 1. The van der Waals surface area contributed by atoms with Crippen LogP contribution >= 0.6 is 0 Å². The van der Waals surface area contributed by atoms with Gasteiger partial charge in [-0.3, -0.25) is 4.79 Å². The van der Waals surface area contributed by atoms with Crippen LogP contribution < -0.4 is 0 Å². The molecule has 0 heterocycles. The lowest BCUT2D eigenvalue weighted by Crippen LogP contribution is -2.60. The average molecular weight is 208 g/mol. The molecule has 2 saturated carbocycles. The first-order chi connectivity index (χ1) is 7.05. The molecule has 3 heteroatoms. The van der Waals surface area contributed by atoms with E-state index in [-0.39, 0.29) is 23.5 Å². The largest absolute Gasteiger partial charge is 0.390 e. The number of ketones is 1. The Bertz CT molecular complexity index is 349. The standard InChI is InChI=1S/C12H16O3/c1-12-5-4-7(10(14)11(12)15)6-2-3-8(13)9(6)12/h4-7,9-11,14-15H,2-3H2,1H3/t6-,7+,9+,10-,11-,12-/m0/s1. The maximum atomic E-state index is 11.8. The van der Waals surface area contributed by atoms with Crippen LogP contribution in [0.15, 0.2) is 12.2 Å². The van der Waals surface area contributed by atoms with Crippen molar-refractivity contribution in [2.45, 2.75) is 32.0 Å². The minimum atomic E-state index is -0.782. The van der Waals surface area contributed by atoms with Gasteiger partial charge in [0.25, 0.3) is 0 Å². The molecule has 0 aliphatic heterocycles. The van der Waals surface area contributed by atoms with Crippen molar-refractivity contribution in [3.8, 4) is 0 Å². The molecule has 0 amide bonds. The van der Waals surface area contributed by atoms with Gasteiger partial charge in [-0.25, -0.2) is 0 Å². The monoisotopic (exact) mass is 208 g/mol. The summed E-state index contributed by atoms with van der Waals surface area (Å²) in [6.45, 7) is 1.90. The van der Waals surface area contributed by atoms with E-state index in [2.05, 4.69) is 0 Å². The molecule has 6 atom stereocenters. The van der Waals surface area contributed by atoms with Crippen LogP contribution in [0.5, 0.6) is 0 Å². The van der Waals surface area contributed by atoms with E-state index in [0.717, 1.165) is 6.42 Å². The van der Waals surface area contributed by atoms with Gasteiger partial charge in [-0.15, -0.1) is 0 Å². The van der Waals surface area contributed by atoms with Gasteiger partial charge in [0.15, 0.2) is 0 Å². The van der Waals surface area contributed by atoms with Crippen molar-refractivity contribution in [1.29, 1.82) is 0 Å². The summed E-state index contributed by atoms with van der Waals surface area (Å²) in [6, 6.07) is 0. The van der Waals surface area contributed by atoms with Crippen molar-refractivity contribution in [3.63, 3.8) is 0 Å². The molecule has 4 rings (SSSR count). The van der Waals surface area contributed by atoms with Crippen LogP contribution in [-0.2, 0) is 4.79 Å². The van der Waals surface area contributed by atoms with Gasteiger partial charge in [-0.1, -0.05) is 19.1 Å². The highest BCUT2D eigenvalue weighted by Crippen LogP contribution is 2.57. The fraction of sp³-hybridized carbons (Fsp3) is 0.750. The Hall–Kier alpha value is -0.670. The second-order valence-corrected chi connectivity index (χ2v) is 5.38. The fourth-order valence-electron chi connectivity index (χ4n) is 3.89. The number of aliphatic hydroxyl groups is 2. The number of aliphatic hydroxyl groups excluding tert-OH is 2. The van der Waals surface area contributed by atoms with E-state index >= 15 is 0 Å². The maximum absolute atomic E-state index is 11.8. The van der Waals surface area contributed by atoms with Crippen LogP contribution in [0.2, 0.25) is 0 Å².